The van der Waals surface area contributed by atoms with Gasteiger partial charge in [-0.25, -0.2) is 4.68 Å². The first-order chi connectivity index (χ1) is 14.0. The van der Waals surface area contributed by atoms with Gasteiger partial charge in [0.2, 0.25) is 0 Å². The van der Waals surface area contributed by atoms with Crippen LogP contribution in [-0.4, -0.2) is 58.9 Å². The average Bonchev–Trinajstić information content (AvgIpc) is 2.76. The minimum atomic E-state index is -0.206. The summed E-state index contributed by atoms with van der Waals surface area (Å²) in [6.07, 6.45) is 1.72. The van der Waals surface area contributed by atoms with Crippen LogP contribution in [0.3, 0.4) is 0 Å². The number of nitrogens with zero attached hydrogens (tertiary/aromatic N) is 5. The van der Waals surface area contributed by atoms with E-state index in [0.717, 1.165) is 17.1 Å². The standard InChI is InChI=1S/C21H23N5O3/c1-14-12-17(18(29-3)13-22-14)25-8-10-26(11-9-25)21(28)19-15-6-4-5-7-16(15)20(27)24(2)23-19/h4-7,12-13H,8-11H2,1-3H3. The molecule has 0 N–H and O–H groups in total. The lowest BCUT2D eigenvalue weighted by molar-refractivity contribution is 0.0740. The first-order valence-corrected chi connectivity index (χ1v) is 9.50. The zero-order valence-corrected chi connectivity index (χ0v) is 16.8. The molecule has 1 amide bonds. The van der Waals surface area contributed by atoms with Gasteiger partial charge in [0.05, 0.1) is 24.4 Å². The van der Waals surface area contributed by atoms with Crippen molar-refractivity contribution in [2.75, 3.05) is 38.2 Å². The second kappa shape index (κ2) is 7.54. The van der Waals surface area contributed by atoms with Gasteiger partial charge in [-0.1, -0.05) is 18.2 Å². The fourth-order valence-corrected chi connectivity index (χ4v) is 3.70. The summed E-state index contributed by atoms with van der Waals surface area (Å²) in [7, 11) is 3.20. The number of aromatic nitrogens is 3. The number of hydrogen-bond acceptors (Lipinski definition) is 6. The molecule has 0 saturated carbocycles. The molecule has 8 heteroatoms. The van der Waals surface area contributed by atoms with Gasteiger partial charge in [-0.15, -0.1) is 0 Å². The van der Waals surface area contributed by atoms with Crippen molar-refractivity contribution in [2.24, 2.45) is 7.05 Å². The molecule has 0 unspecified atom stereocenters. The Morgan fingerprint density at radius 2 is 1.79 bits per heavy atom. The van der Waals surface area contributed by atoms with Crippen LogP contribution in [0.15, 0.2) is 41.3 Å². The van der Waals surface area contributed by atoms with E-state index in [2.05, 4.69) is 15.0 Å². The van der Waals surface area contributed by atoms with Crippen LogP contribution in [0.5, 0.6) is 5.75 Å². The Hall–Kier alpha value is -3.42. The highest BCUT2D eigenvalue weighted by Gasteiger charge is 2.26. The minimum Gasteiger partial charge on any atom is -0.493 e. The number of pyridine rings is 1. The number of benzene rings is 1. The van der Waals surface area contributed by atoms with Crippen molar-refractivity contribution in [1.82, 2.24) is 19.7 Å². The average molecular weight is 393 g/mol. The Kier molecular flexibility index (Phi) is 4.92. The summed E-state index contributed by atoms with van der Waals surface area (Å²) in [5.74, 6) is 0.565. The number of carbonyl (C=O) groups is 1. The molecule has 1 aromatic carbocycles. The lowest BCUT2D eigenvalue weighted by Gasteiger charge is -2.36. The molecule has 2 aromatic heterocycles. The highest BCUT2D eigenvalue weighted by molar-refractivity contribution is 6.04. The Labute approximate surface area is 168 Å². The lowest BCUT2D eigenvalue weighted by Crippen LogP contribution is -2.49. The summed E-state index contributed by atoms with van der Waals surface area (Å²) in [6, 6.07) is 9.11. The van der Waals surface area contributed by atoms with Gasteiger partial charge in [0.15, 0.2) is 11.4 Å². The smallest absolute Gasteiger partial charge is 0.275 e. The summed E-state index contributed by atoms with van der Waals surface area (Å²) < 4.78 is 6.68. The SMILES string of the molecule is COc1cnc(C)cc1N1CCN(C(=O)c2nn(C)c(=O)c3ccccc23)CC1. The van der Waals surface area contributed by atoms with Crippen LogP contribution in [0.25, 0.3) is 10.8 Å². The van der Waals surface area contributed by atoms with Gasteiger partial charge < -0.3 is 14.5 Å². The maximum absolute atomic E-state index is 13.2. The molecule has 1 aliphatic rings. The number of fused-ring (bicyclic) bond motifs is 1. The zero-order valence-electron chi connectivity index (χ0n) is 16.8. The molecule has 0 spiro atoms. The Morgan fingerprint density at radius 3 is 2.48 bits per heavy atom. The van der Waals surface area contributed by atoms with Crippen LogP contribution >= 0.6 is 0 Å². The molecule has 0 atom stereocenters. The van der Waals surface area contributed by atoms with Crippen LogP contribution in [0.2, 0.25) is 0 Å². The summed E-state index contributed by atoms with van der Waals surface area (Å²) in [6.45, 7) is 4.41. The van der Waals surface area contributed by atoms with Crippen LogP contribution in [0.4, 0.5) is 5.69 Å². The number of methoxy groups -OCH3 is 1. The molecule has 29 heavy (non-hydrogen) atoms. The van der Waals surface area contributed by atoms with E-state index in [1.165, 1.54) is 4.68 Å². The highest BCUT2D eigenvalue weighted by Crippen LogP contribution is 2.29. The van der Waals surface area contributed by atoms with E-state index in [9.17, 15) is 9.59 Å². The third kappa shape index (κ3) is 3.41. The van der Waals surface area contributed by atoms with Gasteiger partial charge in [-0.2, -0.15) is 5.10 Å². The van der Waals surface area contributed by atoms with Gasteiger partial charge in [0, 0.05) is 44.3 Å². The summed E-state index contributed by atoms with van der Waals surface area (Å²) in [5.41, 5.74) is 2.01. The molecule has 1 fully saturated rings. The summed E-state index contributed by atoms with van der Waals surface area (Å²) in [4.78, 5) is 33.8. The van der Waals surface area contributed by atoms with Crippen molar-refractivity contribution in [2.45, 2.75) is 6.92 Å². The van der Waals surface area contributed by atoms with Crippen molar-refractivity contribution in [3.05, 3.63) is 58.3 Å². The molecule has 1 aliphatic heterocycles. The van der Waals surface area contributed by atoms with E-state index in [1.54, 1.807) is 43.5 Å². The van der Waals surface area contributed by atoms with Crippen molar-refractivity contribution < 1.29 is 9.53 Å². The molecular weight excluding hydrogens is 370 g/mol. The largest absolute Gasteiger partial charge is 0.493 e. The molecule has 3 aromatic rings. The van der Waals surface area contributed by atoms with Crippen LogP contribution in [0, 0.1) is 6.92 Å². The Bertz CT molecular complexity index is 1130. The molecule has 1 saturated heterocycles. The van der Waals surface area contributed by atoms with Gasteiger partial charge >= 0.3 is 0 Å². The number of amides is 1. The maximum atomic E-state index is 13.2. The minimum absolute atomic E-state index is 0.158. The number of piperazine rings is 1. The third-order valence-corrected chi connectivity index (χ3v) is 5.27. The van der Waals surface area contributed by atoms with Gasteiger partial charge in [0.25, 0.3) is 11.5 Å². The second-order valence-electron chi connectivity index (χ2n) is 7.10. The van der Waals surface area contributed by atoms with Crippen molar-refractivity contribution in [3.63, 3.8) is 0 Å². The number of carbonyl (C=O) groups excluding carboxylic acids is 1. The number of ether oxygens (including phenoxy) is 1. The van der Waals surface area contributed by atoms with Gasteiger partial charge in [-0.3, -0.25) is 14.6 Å². The molecule has 150 valence electrons. The van der Waals surface area contributed by atoms with Crippen molar-refractivity contribution in [3.8, 4) is 5.75 Å². The maximum Gasteiger partial charge on any atom is 0.275 e. The fraction of sp³-hybridized carbons (Fsp3) is 0.333. The number of hydrogen-bond donors (Lipinski definition) is 0. The molecular formula is C21H23N5O3. The number of anilines is 1. The van der Waals surface area contributed by atoms with Crippen LogP contribution in [0.1, 0.15) is 16.2 Å². The summed E-state index contributed by atoms with van der Waals surface area (Å²) >= 11 is 0. The normalized spacial score (nSPS) is 14.3. The monoisotopic (exact) mass is 393 g/mol. The van der Waals surface area contributed by atoms with E-state index in [1.807, 2.05) is 19.1 Å². The van der Waals surface area contributed by atoms with Crippen LogP contribution < -0.4 is 15.2 Å². The number of aryl methyl sites for hydroxylation is 2. The quantitative estimate of drug-likeness (QED) is 0.673. The molecule has 8 nitrogen and oxygen atoms in total. The number of rotatable bonds is 3. The predicted molar refractivity (Wildman–Crippen MR) is 111 cm³/mol. The van der Waals surface area contributed by atoms with Crippen LogP contribution in [-0.2, 0) is 7.05 Å². The Morgan fingerprint density at radius 1 is 1.10 bits per heavy atom. The third-order valence-electron chi connectivity index (χ3n) is 5.27. The van der Waals surface area contributed by atoms with E-state index < -0.39 is 0 Å². The zero-order chi connectivity index (χ0) is 20.5. The van der Waals surface area contributed by atoms with E-state index in [-0.39, 0.29) is 11.5 Å². The Balaban J connectivity index is 1.58. The molecule has 0 radical (unpaired) electrons. The molecule has 4 rings (SSSR count). The second-order valence-corrected chi connectivity index (χ2v) is 7.10. The lowest BCUT2D eigenvalue weighted by atomic mass is 10.1. The highest BCUT2D eigenvalue weighted by atomic mass is 16.5. The topological polar surface area (TPSA) is 80.6 Å². The predicted octanol–water partition coefficient (Wildman–Crippen LogP) is 1.61. The van der Waals surface area contributed by atoms with Gasteiger partial charge in [0.1, 0.15) is 0 Å². The fourth-order valence-electron chi connectivity index (χ4n) is 3.70. The molecule has 0 bridgehead atoms. The first-order valence-electron chi connectivity index (χ1n) is 9.50. The van der Waals surface area contributed by atoms with E-state index >= 15 is 0 Å². The van der Waals surface area contributed by atoms with E-state index in [4.69, 9.17) is 4.74 Å². The van der Waals surface area contributed by atoms with Crippen molar-refractivity contribution >= 4 is 22.4 Å². The molecule has 0 aliphatic carbocycles. The van der Waals surface area contributed by atoms with Gasteiger partial charge in [-0.05, 0) is 19.1 Å². The first kappa shape index (κ1) is 18.9. The summed E-state index contributed by atoms with van der Waals surface area (Å²) in [5, 5.41) is 5.36. The van der Waals surface area contributed by atoms with E-state index in [0.29, 0.717) is 42.6 Å². The van der Waals surface area contributed by atoms with Crippen molar-refractivity contribution in [1.29, 1.82) is 0 Å². The molecule has 3 heterocycles.